The lowest BCUT2D eigenvalue weighted by molar-refractivity contribution is -0.284. The molecule has 0 spiro atoms. The summed E-state index contributed by atoms with van der Waals surface area (Å²) in [6, 6.07) is 0. The lowest BCUT2D eigenvalue weighted by atomic mass is 10.6. The van der Waals surface area contributed by atoms with Gasteiger partial charge in [0.05, 0.1) is 6.61 Å². The summed E-state index contributed by atoms with van der Waals surface area (Å²) in [5.41, 5.74) is 0. The molecule has 0 rings (SSSR count). The van der Waals surface area contributed by atoms with Crippen LogP contribution in [0.25, 0.3) is 0 Å². The number of halogens is 4. The average Bonchev–Trinajstić information content (AvgIpc) is 1.65. The molecule has 9 heavy (non-hydrogen) atoms. The third-order valence-corrected chi connectivity index (χ3v) is 0.529. The van der Waals surface area contributed by atoms with Gasteiger partial charge < -0.3 is 4.74 Å². The van der Waals surface area contributed by atoms with Gasteiger partial charge in [0.15, 0.2) is 0 Å². The van der Waals surface area contributed by atoms with E-state index < -0.39 is 12.5 Å². The van der Waals surface area contributed by atoms with Crippen molar-refractivity contribution >= 4 is 0 Å². The van der Waals surface area contributed by atoms with Crippen LogP contribution in [0.3, 0.4) is 0 Å². The Balaban J connectivity index is 3.70. The van der Waals surface area contributed by atoms with Crippen molar-refractivity contribution in [1.82, 2.24) is 0 Å². The Labute approximate surface area is 49.6 Å². The van der Waals surface area contributed by atoms with Gasteiger partial charge in [-0.1, -0.05) is 0 Å². The van der Waals surface area contributed by atoms with Gasteiger partial charge in [-0.05, 0) is 6.92 Å². The lowest BCUT2D eigenvalue weighted by Crippen LogP contribution is -2.28. The summed E-state index contributed by atoms with van der Waals surface area (Å²) in [6.45, 7) is 1.61. The summed E-state index contributed by atoms with van der Waals surface area (Å²) in [7, 11) is 0. The first kappa shape index (κ1) is 8.68. The fraction of sp³-hybridized carbons (Fsp3) is 0.750. The molecule has 0 unspecified atom stereocenters. The zero-order valence-corrected chi connectivity index (χ0v) is 4.57. The molecule has 0 saturated heterocycles. The van der Waals surface area contributed by atoms with Gasteiger partial charge in [0.1, 0.15) is 0 Å². The van der Waals surface area contributed by atoms with Crippen LogP contribution in [0.2, 0.25) is 0 Å². The molecular formula is C4H5F4O. The van der Waals surface area contributed by atoms with Crippen molar-refractivity contribution in [3.8, 4) is 0 Å². The van der Waals surface area contributed by atoms with Crippen molar-refractivity contribution in [3.05, 3.63) is 6.61 Å². The first-order valence-electron chi connectivity index (χ1n) is 2.12. The molecule has 0 bridgehead atoms. The molecule has 0 amide bonds. The van der Waals surface area contributed by atoms with Crippen molar-refractivity contribution in [3.63, 3.8) is 0 Å². The third-order valence-electron chi connectivity index (χ3n) is 0.529. The van der Waals surface area contributed by atoms with Gasteiger partial charge in [0, 0.05) is 0 Å². The number of rotatable bonds is 3. The molecule has 5 heteroatoms. The Kier molecular flexibility index (Phi) is 2.90. The third kappa shape index (κ3) is 2.64. The Hall–Kier alpha value is -0.320. The second kappa shape index (κ2) is 3.00. The largest absolute Gasteiger partial charge is 0.416 e. The van der Waals surface area contributed by atoms with E-state index >= 15 is 0 Å². The van der Waals surface area contributed by atoms with Gasteiger partial charge in [0.2, 0.25) is 0 Å². The van der Waals surface area contributed by atoms with E-state index in [0.29, 0.717) is 6.61 Å². The smallest absolute Gasteiger partial charge is 0.310 e. The van der Waals surface area contributed by atoms with Crippen LogP contribution in [-0.2, 0) is 4.74 Å². The van der Waals surface area contributed by atoms with E-state index in [0.717, 1.165) is 6.92 Å². The van der Waals surface area contributed by atoms with Crippen LogP contribution in [0.15, 0.2) is 0 Å². The zero-order chi connectivity index (χ0) is 7.49. The normalized spacial score (nSPS) is 12.7. The first-order chi connectivity index (χ1) is 4.00. The van der Waals surface area contributed by atoms with Crippen LogP contribution < -0.4 is 0 Å². The van der Waals surface area contributed by atoms with Crippen molar-refractivity contribution < 1.29 is 22.3 Å². The Morgan fingerprint density at radius 2 is 1.89 bits per heavy atom. The van der Waals surface area contributed by atoms with Crippen molar-refractivity contribution in [2.24, 2.45) is 0 Å². The SMILES string of the molecule is C[CH]OC(F)(F)C(F)F. The summed E-state index contributed by atoms with van der Waals surface area (Å²) in [6.07, 6.45) is -8.11. The van der Waals surface area contributed by atoms with Gasteiger partial charge in [-0.2, -0.15) is 8.78 Å². The van der Waals surface area contributed by atoms with Gasteiger partial charge in [-0.15, -0.1) is 0 Å². The molecule has 0 atom stereocenters. The first-order valence-corrected chi connectivity index (χ1v) is 2.12. The summed E-state index contributed by atoms with van der Waals surface area (Å²) >= 11 is 0. The van der Waals surface area contributed by atoms with Crippen LogP contribution in [0.5, 0.6) is 0 Å². The monoisotopic (exact) mass is 145 g/mol. The van der Waals surface area contributed by atoms with Crippen LogP contribution in [0, 0.1) is 6.61 Å². The highest BCUT2D eigenvalue weighted by atomic mass is 19.3. The van der Waals surface area contributed by atoms with E-state index in [9.17, 15) is 17.6 Å². The summed E-state index contributed by atoms with van der Waals surface area (Å²) in [5.74, 6) is 0. The number of ether oxygens (including phenoxy) is 1. The van der Waals surface area contributed by atoms with Crippen LogP contribution in [0.4, 0.5) is 17.6 Å². The molecule has 0 aliphatic rings. The molecule has 1 radical (unpaired) electrons. The molecule has 55 valence electrons. The summed E-state index contributed by atoms with van der Waals surface area (Å²) < 4.78 is 48.6. The van der Waals surface area contributed by atoms with E-state index in [2.05, 4.69) is 4.74 Å². The van der Waals surface area contributed by atoms with E-state index in [1.807, 2.05) is 0 Å². The fourth-order valence-electron chi connectivity index (χ4n) is 0.209. The second-order valence-corrected chi connectivity index (χ2v) is 1.22. The maximum atomic E-state index is 11.5. The zero-order valence-electron chi connectivity index (χ0n) is 4.57. The summed E-state index contributed by atoms with van der Waals surface area (Å²) in [5, 5.41) is 0. The Morgan fingerprint density at radius 1 is 1.44 bits per heavy atom. The molecule has 0 N–H and O–H groups in total. The van der Waals surface area contributed by atoms with Gasteiger partial charge in [0.25, 0.3) is 0 Å². The fourth-order valence-corrected chi connectivity index (χ4v) is 0.209. The summed E-state index contributed by atoms with van der Waals surface area (Å²) in [4.78, 5) is 0. The average molecular weight is 145 g/mol. The molecule has 1 nitrogen and oxygen atoms in total. The van der Waals surface area contributed by atoms with Gasteiger partial charge >= 0.3 is 12.5 Å². The standard InChI is InChI=1S/C4H5F4O/c1-2-9-4(7,8)3(5)6/h2-3H,1H3. The van der Waals surface area contributed by atoms with Crippen LogP contribution >= 0.6 is 0 Å². The van der Waals surface area contributed by atoms with Crippen molar-refractivity contribution in [2.75, 3.05) is 0 Å². The van der Waals surface area contributed by atoms with Crippen LogP contribution in [0.1, 0.15) is 6.92 Å². The molecule has 0 heterocycles. The van der Waals surface area contributed by atoms with Crippen molar-refractivity contribution in [2.45, 2.75) is 19.5 Å². The van der Waals surface area contributed by atoms with Gasteiger partial charge in [-0.3, -0.25) is 0 Å². The molecule has 0 aromatic carbocycles. The number of alkyl halides is 4. The molecule has 0 aliphatic heterocycles. The number of hydrogen-bond donors (Lipinski definition) is 0. The number of hydrogen-bond acceptors (Lipinski definition) is 1. The quantitative estimate of drug-likeness (QED) is 0.552. The maximum absolute atomic E-state index is 11.5. The molecule has 0 aliphatic carbocycles. The minimum Gasteiger partial charge on any atom is -0.310 e. The molecule has 0 aromatic heterocycles. The Bertz CT molecular complexity index is 82.6. The molecule has 0 aromatic rings. The Morgan fingerprint density at radius 3 is 2.00 bits per heavy atom. The van der Waals surface area contributed by atoms with E-state index in [4.69, 9.17) is 0 Å². The lowest BCUT2D eigenvalue weighted by Gasteiger charge is -2.12. The minimum atomic E-state index is -4.34. The maximum Gasteiger partial charge on any atom is 0.416 e. The molecule has 0 fully saturated rings. The van der Waals surface area contributed by atoms with E-state index in [-0.39, 0.29) is 0 Å². The van der Waals surface area contributed by atoms with Crippen molar-refractivity contribution in [1.29, 1.82) is 0 Å². The predicted molar refractivity (Wildman–Crippen MR) is 22.0 cm³/mol. The second-order valence-electron chi connectivity index (χ2n) is 1.22. The highest BCUT2D eigenvalue weighted by Gasteiger charge is 2.41. The highest BCUT2D eigenvalue weighted by Crippen LogP contribution is 2.24. The van der Waals surface area contributed by atoms with Gasteiger partial charge in [-0.25, -0.2) is 8.78 Å². The van der Waals surface area contributed by atoms with Crippen LogP contribution in [-0.4, -0.2) is 12.5 Å². The highest BCUT2D eigenvalue weighted by molar-refractivity contribution is 4.56. The predicted octanol–water partition coefficient (Wildman–Crippen LogP) is 2.04. The molecule has 0 saturated carbocycles. The van der Waals surface area contributed by atoms with E-state index in [1.54, 1.807) is 0 Å². The minimum absolute atomic E-state index is 0.520. The van der Waals surface area contributed by atoms with E-state index in [1.165, 1.54) is 0 Å². The molecular weight excluding hydrogens is 140 g/mol. The topological polar surface area (TPSA) is 9.23 Å².